The summed E-state index contributed by atoms with van der Waals surface area (Å²) in [4.78, 5) is 25.1. The molecule has 0 spiro atoms. The van der Waals surface area contributed by atoms with Crippen molar-refractivity contribution in [3.05, 3.63) is 107 Å². The van der Waals surface area contributed by atoms with Gasteiger partial charge in [-0.05, 0) is 72.1 Å². The number of ether oxygens (including phenoxy) is 1. The van der Waals surface area contributed by atoms with Gasteiger partial charge in [0, 0.05) is 16.3 Å². The molecule has 0 aliphatic rings. The Labute approximate surface area is 208 Å². The van der Waals surface area contributed by atoms with Crippen LogP contribution in [0.4, 0.5) is 5.69 Å². The second-order valence-corrected chi connectivity index (χ2v) is 8.43. The highest BCUT2D eigenvalue weighted by Crippen LogP contribution is 2.22. The molecule has 7 heteroatoms. The first kappa shape index (κ1) is 24.0. The number of rotatable bonds is 7. The quantitative estimate of drug-likeness (QED) is 0.250. The number of hydrazone groups is 1. The summed E-state index contributed by atoms with van der Waals surface area (Å²) in [6.07, 6.45) is 0. The van der Waals surface area contributed by atoms with Gasteiger partial charge in [-0.2, -0.15) is 5.10 Å². The first-order valence-electron chi connectivity index (χ1n) is 11.0. The number of halogens is 1. The average molecular weight is 486 g/mol. The molecule has 4 rings (SSSR count). The Kier molecular flexibility index (Phi) is 7.43. The van der Waals surface area contributed by atoms with E-state index in [9.17, 15) is 9.59 Å². The molecule has 0 aromatic heterocycles. The fourth-order valence-electron chi connectivity index (χ4n) is 3.62. The molecule has 0 saturated heterocycles. The average Bonchev–Trinajstić information content (AvgIpc) is 2.86. The standard InChI is InChI=1S/C28H24ClN3O3/c1-18-15-22(29)13-14-26(18)35-17-27(33)30-23-10-5-9-21(16-23)19(2)31-32-28(34)25-12-6-8-20-7-3-4-11-24(20)25/h3-16H,17H2,1-2H3,(H,30,33)(H,32,34). The van der Waals surface area contributed by atoms with Crippen LogP contribution in [0.3, 0.4) is 0 Å². The van der Waals surface area contributed by atoms with Crippen molar-refractivity contribution < 1.29 is 14.3 Å². The van der Waals surface area contributed by atoms with Gasteiger partial charge in [0.15, 0.2) is 6.61 Å². The number of hydrogen-bond acceptors (Lipinski definition) is 4. The number of amides is 2. The van der Waals surface area contributed by atoms with Gasteiger partial charge in [-0.25, -0.2) is 5.43 Å². The van der Waals surface area contributed by atoms with Crippen molar-refractivity contribution in [1.82, 2.24) is 5.43 Å². The minimum Gasteiger partial charge on any atom is -0.483 e. The largest absolute Gasteiger partial charge is 0.483 e. The number of benzene rings is 4. The summed E-state index contributed by atoms with van der Waals surface area (Å²) in [7, 11) is 0. The van der Waals surface area contributed by atoms with E-state index in [1.807, 2.05) is 49.4 Å². The van der Waals surface area contributed by atoms with Gasteiger partial charge in [0.05, 0.1) is 5.71 Å². The molecule has 0 aliphatic heterocycles. The molecule has 0 heterocycles. The van der Waals surface area contributed by atoms with Crippen LogP contribution < -0.4 is 15.5 Å². The maximum Gasteiger partial charge on any atom is 0.272 e. The summed E-state index contributed by atoms with van der Waals surface area (Å²) in [5, 5.41) is 9.54. The molecule has 0 aliphatic carbocycles. The van der Waals surface area contributed by atoms with E-state index in [2.05, 4.69) is 15.8 Å². The Hall–Kier alpha value is -4.16. The van der Waals surface area contributed by atoms with Crippen molar-refractivity contribution in [3.8, 4) is 5.75 Å². The minimum atomic E-state index is -0.296. The van der Waals surface area contributed by atoms with Gasteiger partial charge in [-0.3, -0.25) is 9.59 Å². The van der Waals surface area contributed by atoms with Crippen molar-refractivity contribution in [2.24, 2.45) is 5.10 Å². The Morgan fingerprint density at radius 3 is 2.54 bits per heavy atom. The lowest BCUT2D eigenvalue weighted by Gasteiger charge is -2.11. The van der Waals surface area contributed by atoms with Crippen LogP contribution in [-0.4, -0.2) is 24.1 Å². The normalized spacial score (nSPS) is 11.2. The Morgan fingerprint density at radius 1 is 0.943 bits per heavy atom. The zero-order valence-electron chi connectivity index (χ0n) is 19.3. The topological polar surface area (TPSA) is 79.8 Å². The number of nitrogens with zero attached hydrogens (tertiary/aromatic N) is 1. The molecule has 176 valence electrons. The third-order valence-corrected chi connectivity index (χ3v) is 5.65. The number of hydrogen-bond donors (Lipinski definition) is 2. The first-order chi connectivity index (χ1) is 16.9. The second kappa shape index (κ2) is 10.8. The summed E-state index contributed by atoms with van der Waals surface area (Å²) in [6, 6.07) is 25.7. The van der Waals surface area contributed by atoms with Crippen molar-refractivity contribution in [2.45, 2.75) is 13.8 Å². The number of fused-ring (bicyclic) bond motifs is 1. The van der Waals surface area contributed by atoms with E-state index in [4.69, 9.17) is 16.3 Å². The minimum absolute atomic E-state index is 0.138. The lowest BCUT2D eigenvalue weighted by Crippen LogP contribution is -2.21. The highest BCUT2D eigenvalue weighted by Gasteiger charge is 2.10. The number of aryl methyl sites for hydroxylation is 1. The molecule has 4 aromatic carbocycles. The van der Waals surface area contributed by atoms with Gasteiger partial charge in [-0.1, -0.05) is 60.1 Å². The molecule has 0 atom stereocenters. The highest BCUT2D eigenvalue weighted by molar-refractivity contribution is 6.30. The van der Waals surface area contributed by atoms with Crippen LogP contribution in [0.2, 0.25) is 5.02 Å². The summed E-state index contributed by atoms with van der Waals surface area (Å²) in [5.74, 6) is 0.0128. The number of carbonyl (C=O) groups excluding carboxylic acids is 2. The smallest absolute Gasteiger partial charge is 0.272 e. The zero-order valence-corrected chi connectivity index (χ0v) is 20.1. The molecule has 6 nitrogen and oxygen atoms in total. The van der Waals surface area contributed by atoms with Gasteiger partial charge in [0.25, 0.3) is 11.8 Å². The van der Waals surface area contributed by atoms with Crippen LogP contribution in [0.25, 0.3) is 10.8 Å². The number of anilines is 1. The van der Waals surface area contributed by atoms with Crippen molar-refractivity contribution in [3.63, 3.8) is 0 Å². The molecule has 0 bridgehead atoms. The van der Waals surface area contributed by atoms with E-state index >= 15 is 0 Å². The molecular weight excluding hydrogens is 462 g/mol. The van der Waals surface area contributed by atoms with E-state index in [1.54, 1.807) is 49.4 Å². The molecule has 0 unspecified atom stereocenters. The van der Waals surface area contributed by atoms with Crippen LogP contribution in [-0.2, 0) is 4.79 Å². The van der Waals surface area contributed by atoms with Gasteiger partial charge >= 0.3 is 0 Å². The first-order valence-corrected chi connectivity index (χ1v) is 11.4. The molecule has 0 radical (unpaired) electrons. The zero-order chi connectivity index (χ0) is 24.8. The van der Waals surface area contributed by atoms with Crippen LogP contribution >= 0.6 is 11.6 Å². The molecule has 0 fully saturated rings. The fraction of sp³-hybridized carbons (Fsp3) is 0.107. The van der Waals surface area contributed by atoms with Crippen molar-refractivity contribution in [2.75, 3.05) is 11.9 Å². The van der Waals surface area contributed by atoms with E-state index in [0.29, 0.717) is 27.7 Å². The predicted octanol–water partition coefficient (Wildman–Crippen LogP) is 5.97. The summed E-state index contributed by atoms with van der Waals surface area (Å²) < 4.78 is 5.60. The molecule has 35 heavy (non-hydrogen) atoms. The Bertz CT molecular complexity index is 1430. The maximum absolute atomic E-state index is 12.7. The van der Waals surface area contributed by atoms with Gasteiger partial charge in [0.2, 0.25) is 0 Å². The SMILES string of the molecule is CC(=NNC(=O)c1cccc2ccccc12)c1cccc(NC(=O)COc2ccc(Cl)cc2C)c1. The van der Waals surface area contributed by atoms with E-state index in [-0.39, 0.29) is 18.4 Å². The molecular formula is C28H24ClN3O3. The van der Waals surface area contributed by atoms with Crippen LogP contribution in [0, 0.1) is 6.92 Å². The van der Waals surface area contributed by atoms with Crippen molar-refractivity contribution >= 4 is 45.6 Å². The molecule has 4 aromatic rings. The molecule has 2 amide bonds. The summed E-state index contributed by atoms with van der Waals surface area (Å²) in [6.45, 7) is 3.52. The molecule has 0 saturated carbocycles. The van der Waals surface area contributed by atoms with Crippen molar-refractivity contribution in [1.29, 1.82) is 0 Å². The number of nitrogens with one attached hydrogen (secondary N) is 2. The van der Waals surface area contributed by atoms with Crippen LogP contribution in [0.5, 0.6) is 5.75 Å². The highest BCUT2D eigenvalue weighted by atomic mass is 35.5. The van der Waals surface area contributed by atoms with E-state index in [1.165, 1.54) is 0 Å². The fourth-order valence-corrected chi connectivity index (χ4v) is 3.85. The molecule has 2 N–H and O–H groups in total. The third-order valence-electron chi connectivity index (χ3n) is 5.42. The van der Waals surface area contributed by atoms with E-state index < -0.39 is 0 Å². The summed E-state index contributed by atoms with van der Waals surface area (Å²) >= 11 is 5.95. The Morgan fingerprint density at radius 2 is 1.71 bits per heavy atom. The lowest BCUT2D eigenvalue weighted by molar-refractivity contribution is -0.118. The number of carbonyl (C=O) groups is 2. The van der Waals surface area contributed by atoms with Crippen LogP contribution in [0.15, 0.2) is 90.0 Å². The second-order valence-electron chi connectivity index (χ2n) is 7.99. The Balaban J connectivity index is 1.39. The van der Waals surface area contributed by atoms with Gasteiger partial charge in [-0.15, -0.1) is 0 Å². The van der Waals surface area contributed by atoms with E-state index in [0.717, 1.165) is 21.9 Å². The third kappa shape index (κ3) is 6.05. The van der Waals surface area contributed by atoms with Gasteiger partial charge < -0.3 is 10.1 Å². The van der Waals surface area contributed by atoms with Gasteiger partial charge in [0.1, 0.15) is 5.75 Å². The predicted molar refractivity (Wildman–Crippen MR) is 140 cm³/mol. The monoisotopic (exact) mass is 485 g/mol. The maximum atomic E-state index is 12.7. The lowest BCUT2D eigenvalue weighted by atomic mass is 10.0. The van der Waals surface area contributed by atoms with Crippen LogP contribution in [0.1, 0.15) is 28.4 Å². The summed E-state index contributed by atoms with van der Waals surface area (Å²) in [5.41, 5.74) is 5.99.